The molecule has 0 spiro atoms. The number of nitrogens with one attached hydrogen (secondary N) is 1. The summed E-state index contributed by atoms with van der Waals surface area (Å²) in [5.74, 6) is -0.260. The number of sulfonamides is 1. The third kappa shape index (κ3) is 4.78. The van der Waals surface area contributed by atoms with Crippen LogP contribution >= 0.6 is 0 Å². The van der Waals surface area contributed by atoms with Gasteiger partial charge in [-0.1, -0.05) is 19.9 Å². The van der Waals surface area contributed by atoms with Gasteiger partial charge in [-0.05, 0) is 44.6 Å². The Labute approximate surface area is 145 Å². The predicted molar refractivity (Wildman–Crippen MR) is 96.8 cm³/mol. The second-order valence-electron chi connectivity index (χ2n) is 6.05. The molecule has 0 radical (unpaired) electrons. The molecule has 0 aliphatic heterocycles. The number of likely N-dealkylation sites (N-methyl/N-ethyl adjacent to an activating group) is 1. The molecular weight excluding hydrogens is 326 g/mol. The molecule has 136 valence electrons. The van der Waals surface area contributed by atoms with Gasteiger partial charge in [-0.2, -0.15) is 0 Å². The molecule has 1 aromatic carbocycles. The first kappa shape index (κ1) is 20.6. The Hall–Kier alpha value is -1.44. The van der Waals surface area contributed by atoms with Gasteiger partial charge in [0.1, 0.15) is 0 Å². The molecule has 0 saturated heterocycles. The van der Waals surface area contributed by atoms with Crippen molar-refractivity contribution >= 4 is 15.9 Å². The van der Waals surface area contributed by atoms with Crippen molar-refractivity contribution in [2.45, 2.75) is 38.6 Å². The lowest BCUT2D eigenvalue weighted by Crippen LogP contribution is -2.42. The Kier molecular flexibility index (Phi) is 7.38. The number of aryl methyl sites for hydroxylation is 1. The summed E-state index contributed by atoms with van der Waals surface area (Å²) in [6, 6.07) is 4.99. The summed E-state index contributed by atoms with van der Waals surface area (Å²) in [5.41, 5.74) is 0.976. The number of nitrogens with zero attached hydrogens (tertiary/aromatic N) is 2. The van der Waals surface area contributed by atoms with E-state index in [2.05, 4.69) is 31.0 Å². The number of carbonyl (C=O) groups excluding carboxylic acids is 1. The van der Waals surface area contributed by atoms with Gasteiger partial charge >= 0.3 is 0 Å². The molecule has 0 heterocycles. The Morgan fingerprint density at radius 3 is 2.29 bits per heavy atom. The van der Waals surface area contributed by atoms with Crippen LogP contribution in [0.15, 0.2) is 23.1 Å². The molecule has 1 amide bonds. The van der Waals surface area contributed by atoms with E-state index in [1.165, 1.54) is 20.2 Å². The lowest BCUT2D eigenvalue weighted by molar-refractivity contribution is 0.0937. The maximum absolute atomic E-state index is 12.4. The Bertz CT molecular complexity index is 668. The summed E-state index contributed by atoms with van der Waals surface area (Å²) in [6.45, 7) is 10.3. The Morgan fingerprint density at radius 2 is 1.79 bits per heavy atom. The first-order valence-electron chi connectivity index (χ1n) is 8.20. The molecule has 1 unspecified atom stereocenters. The summed E-state index contributed by atoms with van der Waals surface area (Å²) in [5, 5.41) is 2.89. The minimum atomic E-state index is -3.57. The minimum absolute atomic E-state index is 0.164. The van der Waals surface area contributed by atoms with Crippen molar-refractivity contribution in [2.75, 3.05) is 33.7 Å². The first-order chi connectivity index (χ1) is 11.1. The molecule has 0 aliphatic rings. The van der Waals surface area contributed by atoms with Gasteiger partial charge < -0.3 is 5.32 Å². The van der Waals surface area contributed by atoms with Gasteiger partial charge in [0.15, 0.2) is 0 Å². The summed E-state index contributed by atoms with van der Waals surface area (Å²) in [6.07, 6.45) is 0. The predicted octanol–water partition coefficient (Wildman–Crippen LogP) is 1.71. The summed E-state index contributed by atoms with van der Waals surface area (Å²) >= 11 is 0. The number of rotatable bonds is 8. The highest BCUT2D eigenvalue weighted by molar-refractivity contribution is 7.89. The van der Waals surface area contributed by atoms with E-state index in [0.29, 0.717) is 17.7 Å². The van der Waals surface area contributed by atoms with Crippen LogP contribution in [0.25, 0.3) is 0 Å². The molecule has 0 bridgehead atoms. The molecule has 0 fully saturated rings. The molecule has 6 nitrogen and oxygen atoms in total. The molecule has 1 atom stereocenters. The zero-order valence-electron chi connectivity index (χ0n) is 15.5. The van der Waals surface area contributed by atoms with E-state index in [0.717, 1.165) is 17.4 Å². The number of hydrogen-bond donors (Lipinski definition) is 1. The van der Waals surface area contributed by atoms with E-state index < -0.39 is 10.0 Å². The molecule has 1 N–H and O–H groups in total. The van der Waals surface area contributed by atoms with Crippen molar-refractivity contribution in [3.8, 4) is 0 Å². The highest BCUT2D eigenvalue weighted by Crippen LogP contribution is 2.19. The van der Waals surface area contributed by atoms with E-state index in [1.54, 1.807) is 19.1 Å². The summed E-state index contributed by atoms with van der Waals surface area (Å²) in [4.78, 5) is 14.8. The molecular formula is C17H29N3O3S. The number of benzene rings is 1. The van der Waals surface area contributed by atoms with E-state index in [4.69, 9.17) is 0 Å². The molecule has 0 aliphatic carbocycles. The standard InChI is InChI=1S/C17H29N3O3S/c1-7-20(8-2)14(4)12-18-17(21)15-10-9-13(3)16(11-15)24(22,23)19(5)6/h9-11,14H,7-8,12H2,1-6H3,(H,18,21). The average molecular weight is 356 g/mol. The topological polar surface area (TPSA) is 69.7 Å². The highest BCUT2D eigenvalue weighted by Gasteiger charge is 2.21. The second-order valence-corrected chi connectivity index (χ2v) is 8.17. The van der Waals surface area contributed by atoms with Crippen molar-refractivity contribution in [2.24, 2.45) is 0 Å². The van der Waals surface area contributed by atoms with Crippen LogP contribution in [-0.2, 0) is 10.0 Å². The van der Waals surface area contributed by atoms with Crippen molar-refractivity contribution in [3.63, 3.8) is 0 Å². The van der Waals surface area contributed by atoms with Gasteiger partial charge in [0.25, 0.3) is 5.91 Å². The third-order valence-electron chi connectivity index (χ3n) is 4.20. The average Bonchev–Trinajstić information content (AvgIpc) is 2.53. The van der Waals surface area contributed by atoms with Crippen LogP contribution in [-0.4, -0.2) is 63.3 Å². The molecule has 1 aromatic rings. The quantitative estimate of drug-likeness (QED) is 0.771. The molecule has 0 saturated carbocycles. The summed E-state index contributed by atoms with van der Waals surface area (Å²) < 4.78 is 25.8. The molecule has 1 rings (SSSR count). The lowest BCUT2D eigenvalue weighted by atomic mass is 10.1. The monoisotopic (exact) mass is 355 g/mol. The zero-order valence-corrected chi connectivity index (χ0v) is 16.3. The molecule has 24 heavy (non-hydrogen) atoms. The lowest BCUT2D eigenvalue weighted by Gasteiger charge is -2.26. The van der Waals surface area contributed by atoms with Crippen molar-refractivity contribution in [3.05, 3.63) is 29.3 Å². The van der Waals surface area contributed by atoms with Gasteiger partial charge in [0.05, 0.1) is 4.90 Å². The third-order valence-corrected chi connectivity index (χ3v) is 6.16. The fraction of sp³-hybridized carbons (Fsp3) is 0.588. The van der Waals surface area contributed by atoms with E-state index in [-0.39, 0.29) is 16.8 Å². The van der Waals surface area contributed by atoms with Crippen molar-refractivity contribution in [1.29, 1.82) is 0 Å². The maximum atomic E-state index is 12.4. The summed E-state index contributed by atoms with van der Waals surface area (Å²) in [7, 11) is -0.612. The normalized spacial score (nSPS) is 13.3. The SMILES string of the molecule is CCN(CC)C(C)CNC(=O)c1ccc(C)c(S(=O)(=O)N(C)C)c1. The van der Waals surface area contributed by atoms with Crippen LogP contribution in [0, 0.1) is 6.92 Å². The van der Waals surface area contributed by atoms with E-state index >= 15 is 0 Å². The minimum Gasteiger partial charge on any atom is -0.350 e. The first-order valence-corrected chi connectivity index (χ1v) is 9.64. The van der Waals surface area contributed by atoms with E-state index in [1.807, 2.05) is 0 Å². The molecule has 0 aromatic heterocycles. The van der Waals surface area contributed by atoms with Crippen LogP contribution in [0.4, 0.5) is 0 Å². The van der Waals surface area contributed by atoms with Gasteiger partial charge in [-0.15, -0.1) is 0 Å². The maximum Gasteiger partial charge on any atom is 0.251 e. The van der Waals surface area contributed by atoms with Crippen LogP contribution < -0.4 is 5.32 Å². The van der Waals surface area contributed by atoms with Crippen LogP contribution in [0.2, 0.25) is 0 Å². The fourth-order valence-electron chi connectivity index (χ4n) is 2.53. The van der Waals surface area contributed by atoms with Crippen LogP contribution in [0.1, 0.15) is 36.7 Å². The van der Waals surface area contributed by atoms with Gasteiger partial charge in [-0.3, -0.25) is 9.69 Å². The Morgan fingerprint density at radius 1 is 1.21 bits per heavy atom. The van der Waals surface area contributed by atoms with Gasteiger partial charge in [-0.25, -0.2) is 12.7 Å². The van der Waals surface area contributed by atoms with Gasteiger partial charge in [0.2, 0.25) is 10.0 Å². The fourth-order valence-corrected chi connectivity index (χ4v) is 3.68. The Balaban J connectivity index is 2.94. The van der Waals surface area contributed by atoms with Gasteiger partial charge in [0, 0.05) is 32.2 Å². The van der Waals surface area contributed by atoms with Crippen molar-refractivity contribution in [1.82, 2.24) is 14.5 Å². The second kappa shape index (κ2) is 8.60. The number of hydrogen-bond acceptors (Lipinski definition) is 4. The van der Waals surface area contributed by atoms with Crippen LogP contribution in [0.5, 0.6) is 0 Å². The smallest absolute Gasteiger partial charge is 0.251 e. The molecule has 7 heteroatoms. The zero-order chi connectivity index (χ0) is 18.5. The number of amides is 1. The number of carbonyl (C=O) groups is 1. The van der Waals surface area contributed by atoms with Crippen LogP contribution in [0.3, 0.4) is 0 Å². The highest BCUT2D eigenvalue weighted by atomic mass is 32.2. The van der Waals surface area contributed by atoms with Crippen molar-refractivity contribution < 1.29 is 13.2 Å². The van der Waals surface area contributed by atoms with E-state index in [9.17, 15) is 13.2 Å². The largest absolute Gasteiger partial charge is 0.350 e.